The Morgan fingerprint density at radius 2 is 2.00 bits per heavy atom. The van der Waals surface area contributed by atoms with E-state index in [2.05, 4.69) is 57.9 Å². The van der Waals surface area contributed by atoms with Gasteiger partial charge < -0.3 is 5.32 Å². The summed E-state index contributed by atoms with van der Waals surface area (Å²) >= 11 is 0. The van der Waals surface area contributed by atoms with Crippen molar-refractivity contribution in [2.45, 2.75) is 44.4 Å². The van der Waals surface area contributed by atoms with Crippen LogP contribution in [0.5, 0.6) is 0 Å². The van der Waals surface area contributed by atoms with E-state index in [-0.39, 0.29) is 12.4 Å². The minimum atomic E-state index is 0.0992. The van der Waals surface area contributed by atoms with Crippen LogP contribution in [0.2, 0.25) is 0 Å². The predicted molar refractivity (Wildman–Crippen MR) is 89.3 cm³/mol. The van der Waals surface area contributed by atoms with Crippen molar-refractivity contribution in [3.8, 4) is 0 Å². The second-order valence-corrected chi connectivity index (χ2v) is 6.86. The third-order valence-corrected chi connectivity index (χ3v) is 4.96. The van der Waals surface area contributed by atoms with E-state index in [1.807, 2.05) is 0 Å². The zero-order valence-electron chi connectivity index (χ0n) is 13.6. The van der Waals surface area contributed by atoms with E-state index in [1.54, 1.807) is 0 Å². The Morgan fingerprint density at radius 1 is 1.17 bits per heavy atom. The summed E-state index contributed by atoms with van der Waals surface area (Å²) in [6.07, 6.45) is 3.16. The molecule has 5 N–H and O–H groups in total. The zero-order valence-corrected chi connectivity index (χ0v) is 13.6. The Kier molecular flexibility index (Phi) is 4.61. The molecule has 126 valence electrons. The first-order valence-electron chi connectivity index (χ1n) is 8.77. The minimum Gasteiger partial charge on any atom is -0.313 e. The van der Waals surface area contributed by atoms with E-state index < -0.39 is 0 Å². The molecule has 6 nitrogen and oxygen atoms in total. The highest BCUT2D eigenvalue weighted by Gasteiger charge is 2.38. The number of nitrogens with one attached hydrogen (secondary N) is 5. The van der Waals surface area contributed by atoms with Crippen molar-refractivity contribution in [1.29, 1.82) is 0 Å². The van der Waals surface area contributed by atoms with Crippen molar-refractivity contribution in [1.82, 2.24) is 26.7 Å². The van der Waals surface area contributed by atoms with Gasteiger partial charge in [0, 0.05) is 31.6 Å². The van der Waals surface area contributed by atoms with Crippen molar-refractivity contribution in [2.75, 3.05) is 19.6 Å². The molecule has 0 bridgehead atoms. The number of benzene rings is 1. The number of piperazine rings is 1. The third kappa shape index (κ3) is 3.74. The fourth-order valence-corrected chi connectivity index (χ4v) is 3.32. The quantitative estimate of drug-likeness (QED) is 0.551. The van der Waals surface area contributed by atoms with Gasteiger partial charge in [-0.2, -0.15) is 5.48 Å². The molecule has 1 aliphatic carbocycles. The predicted octanol–water partition coefficient (Wildman–Crippen LogP) is 0.715. The lowest BCUT2D eigenvalue weighted by molar-refractivity contribution is 0.0104. The molecule has 0 spiro atoms. The van der Waals surface area contributed by atoms with E-state index in [1.165, 1.54) is 24.0 Å². The fourth-order valence-electron chi connectivity index (χ4n) is 3.32. The average Bonchev–Trinajstić information content (AvgIpc) is 3.33. The molecule has 2 aliphatic heterocycles. The summed E-state index contributed by atoms with van der Waals surface area (Å²) in [5.41, 5.74) is 5.64. The SMILES string of the molecule is C[C@@H](NC1CNCCN1)c1ccc(C2NOC(C3CC3)N2)cc1. The summed E-state index contributed by atoms with van der Waals surface area (Å²) in [6, 6.07) is 9.10. The topological polar surface area (TPSA) is 69.4 Å². The van der Waals surface area contributed by atoms with Crippen molar-refractivity contribution in [3.63, 3.8) is 0 Å². The van der Waals surface area contributed by atoms with Crippen LogP contribution in [-0.2, 0) is 4.84 Å². The van der Waals surface area contributed by atoms with Gasteiger partial charge in [-0.15, -0.1) is 0 Å². The van der Waals surface area contributed by atoms with Crippen LogP contribution >= 0.6 is 0 Å². The monoisotopic (exact) mass is 317 g/mol. The lowest BCUT2D eigenvalue weighted by Crippen LogP contribution is -2.55. The molecule has 0 amide bonds. The van der Waals surface area contributed by atoms with Crippen molar-refractivity contribution < 1.29 is 4.84 Å². The summed E-state index contributed by atoms with van der Waals surface area (Å²) in [5, 5.41) is 14.0. The summed E-state index contributed by atoms with van der Waals surface area (Å²) in [7, 11) is 0. The van der Waals surface area contributed by atoms with Crippen molar-refractivity contribution in [2.24, 2.45) is 5.92 Å². The second-order valence-electron chi connectivity index (χ2n) is 6.86. The summed E-state index contributed by atoms with van der Waals surface area (Å²) < 4.78 is 0. The van der Waals surface area contributed by atoms with Gasteiger partial charge in [0.2, 0.25) is 0 Å². The number of hydroxylamine groups is 1. The van der Waals surface area contributed by atoms with Gasteiger partial charge in [-0.3, -0.25) is 20.8 Å². The smallest absolute Gasteiger partial charge is 0.134 e. The third-order valence-electron chi connectivity index (χ3n) is 4.96. The molecule has 3 aliphatic rings. The molecule has 6 heteroatoms. The molecule has 2 heterocycles. The van der Waals surface area contributed by atoms with Gasteiger partial charge in [0.1, 0.15) is 12.4 Å². The average molecular weight is 317 g/mol. The second kappa shape index (κ2) is 6.84. The Labute approximate surface area is 137 Å². The lowest BCUT2D eigenvalue weighted by Gasteiger charge is -2.28. The lowest BCUT2D eigenvalue weighted by atomic mass is 10.0. The van der Waals surface area contributed by atoms with Crippen molar-refractivity contribution in [3.05, 3.63) is 35.4 Å². The van der Waals surface area contributed by atoms with Crippen LogP contribution < -0.4 is 26.7 Å². The van der Waals surface area contributed by atoms with E-state index >= 15 is 0 Å². The Bertz CT molecular complexity index is 512. The van der Waals surface area contributed by atoms with E-state index in [9.17, 15) is 0 Å². The first-order chi connectivity index (χ1) is 11.3. The molecule has 4 atom stereocenters. The first-order valence-corrected chi connectivity index (χ1v) is 8.77. The summed E-state index contributed by atoms with van der Waals surface area (Å²) in [4.78, 5) is 5.63. The van der Waals surface area contributed by atoms with Crippen molar-refractivity contribution >= 4 is 0 Å². The maximum absolute atomic E-state index is 5.63. The fraction of sp³-hybridized carbons (Fsp3) is 0.647. The van der Waals surface area contributed by atoms with Crippen LogP contribution in [0.3, 0.4) is 0 Å². The normalized spacial score (nSPS) is 32.8. The van der Waals surface area contributed by atoms with Crippen LogP contribution in [0.15, 0.2) is 24.3 Å². The molecule has 1 saturated carbocycles. The number of hydrogen-bond acceptors (Lipinski definition) is 6. The standard InChI is InChI=1S/C17H27N5O/c1-11(20-15-10-18-8-9-19-15)12-2-4-13(5-3-12)16-21-17(23-22-16)14-6-7-14/h2-5,11,14-22H,6-10H2,1H3/t11-,15?,16?,17?/m1/s1. The molecule has 2 saturated heterocycles. The van der Waals surface area contributed by atoms with Gasteiger partial charge in [0.15, 0.2) is 0 Å². The molecule has 4 rings (SSSR count). The summed E-state index contributed by atoms with van der Waals surface area (Å²) in [6.45, 7) is 5.25. The first kappa shape index (κ1) is 15.5. The van der Waals surface area contributed by atoms with E-state index in [0.29, 0.717) is 18.1 Å². The Balaban J connectivity index is 1.33. The molecule has 3 fully saturated rings. The molecular formula is C17H27N5O. The molecular weight excluding hydrogens is 290 g/mol. The Hall–Kier alpha value is -1.02. The zero-order chi connectivity index (χ0) is 15.6. The van der Waals surface area contributed by atoms with Crippen LogP contribution in [0, 0.1) is 5.92 Å². The molecule has 0 aromatic heterocycles. The largest absolute Gasteiger partial charge is 0.313 e. The maximum Gasteiger partial charge on any atom is 0.134 e. The summed E-state index contributed by atoms with van der Waals surface area (Å²) in [5.74, 6) is 0.688. The van der Waals surface area contributed by atoms with Gasteiger partial charge in [-0.1, -0.05) is 24.3 Å². The van der Waals surface area contributed by atoms with E-state index in [4.69, 9.17) is 4.84 Å². The minimum absolute atomic E-state index is 0.0992. The molecule has 0 radical (unpaired) electrons. The van der Waals surface area contributed by atoms with Gasteiger partial charge >= 0.3 is 0 Å². The molecule has 1 aromatic carbocycles. The highest BCUT2D eigenvalue weighted by Crippen LogP contribution is 2.35. The number of hydrogen-bond donors (Lipinski definition) is 5. The van der Waals surface area contributed by atoms with Gasteiger partial charge in [-0.05, 0) is 30.9 Å². The highest BCUT2D eigenvalue weighted by atomic mass is 16.7. The number of rotatable bonds is 5. The van der Waals surface area contributed by atoms with Gasteiger partial charge in [0.05, 0.1) is 6.17 Å². The molecule has 3 unspecified atom stereocenters. The maximum atomic E-state index is 5.63. The highest BCUT2D eigenvalue weighted by molar-refractivity contribution is 5.27. The van der Waals surface area contributed by atoms with Crippen LogP contribution in [0.4, 0.5) is 0 Å². The molecule has 1 aromatic rings. The molecule has 23 heavy (non-hydrogen) atoms. The van der Waals surface area contributed by atoms with Crippen LogP contribution in [0.1, 0.15) is 43.1 Å². The van der Waals surface area contributed by atoms with E-state index in [0.717, 1.165) is 19.6 Å². The van der Waals surface area contributed by atoms with Crippen LogP contribution in [0.25, 0.3) is 0 Å². The van der Waals surface area contributed by atoms with Gasteiger partial charge in [0.25, 0.3) is 0 Å². The Morgan fingerprint density at radius 3 is 2.70 bits per heavy atom. The van der Waals surface area contributed by atoms with Gasteiger partial charge in [-0.25, -0.2) is 0 Å². The van der Waals surface area contributed by atoms with Crippen LogP contribution in [-0.4, -0.2) is 32.0 Å².